The van der Waals surface area contributed by atoms with E-state index in [1.165, 1.54) is 58.3 Å². The zero-order chi connectivity index (χ0) is 23.0. The maximum atomic E-state index is 11.7. The van der Waals surface area contributed by atoms with Crippen LogP contribution >= 0.6 is 0 Å². The maximum Gasteiger partial charge on any atom is 0.320 e. The first-order valence-electron chi connectivity index (χ1n) is 12.9. The summed E-state index contributed by atoms with van der Waals surface area (Å²) < 4.78 is 5.67. The topological polar surface area (TPSA) is 99.8 Å². The highest BCUT2D eigenvalue weighted by Crippen LogP contribution is 2.37. The zero-order valence-corrected chi connectivity index (χ0v) is 20.2. The number of carbonyl (C=O) groups excluding carboxylic acids is 1. The van der Waals surface area contributed by atoms with E-state index in [-0.39, 0.29) is 6.01 Å². The van der Waals surface area contributed by atoms with Crippen molar-refractivity contribution in [3.63, 3.8) is 0 Å². The molecule has 3 heterocycles. The highest BCUT2D eigenvalue weighted by molar-refractivity contribution is 5.87. The molecule has 3 N–H and O–H groups in total. The minimum Gasteiger partial charge on any atom is -0.463 e. The summed E-state index contributed by atoms with van der Waals surface area (Å²) in [5, 5.41) is 3.16. The van der Waals surface area contributed by atoms with Gasteiger partial charge in [-0.2, -0.15) is 9.97 Å². The Kier molecular flexibility index (Phi) is 8.61. The Balaban J connectivity index is 1.24. The molecule has 33 heavy (non-hydrogen) atoms. The summed E-state index contributed by atoms with van der Waals surface area (Å²) in [5.74, 6) is 1.00. The number of ether oxygens (including phenoxy) is 1. The second kappa shape index (κ2) is 11.8. The van der Waals surface area contributed by atoms with Crippen molar-refractivity contribution in [2.75, 3.05) is 61.8 Å². The van der Waals surface area contributed by atoms with Gasteiger partial charge in [-0.3, -0.25) is 9.69 Å². The highest BCUT2D eigenvalue weighted by Gasteiger charge is 2.33. The fraction of sp³-hybridized carbons (Fsp3) is 0.792. The minimum atomic E-state index is -0.457. The molecule has 9 heteroatoms. The average Bonchev–Trinajstić information content (AvgIpc) is 3.21. The summed E-state index contributed by atoms with van der Waals surface area (Å²) in [4.78, 5) is 27.8. The molecule has 0 bridgehead atoms. The summed E-state index contributed by atoms with van der Waals surface area (Å²) in [6, 6.07) is 1.11. The van der Waals surface area contributed by atoms with Crippen molar-refractivity contribution < 1.29 is 9.53 Å². The predicted octanol–water partition coefficient (Wildman–Crippen LogP) is 2.73. The molecule has 184 valence electrons. The van der Waals surface area contributed by atoms with Gasteiger partial charge >= 0.3 is 6.01 Å². The molecule has 9 nitrogen and oxygen atoms in total. The number of unbranched alkanes of at least 4 members (excludes halogenated alkanes) is 2. The van der Waals surface area contributed by atoms with Gasteiger partial charge in [0.1, 0.15) is 5.69 Å². The smallest absolute Gasteiger partial charge is 0.320 e. The van der Waals surface area contributed by atoms with Crippen molar-refractivity contribution >= 4 is 23.6 Å². The number of anilines is 3. The summed E-state index contributed by atoms with van der Waals surface area (Å²) in [5.41, 5.74) is 6.76. The van der Waals surface area contributed by atoms with Crippen molar-refractivity contribution in [3.8, 4) is 6.01 Å². The van der Waals surface area contributed by atoms with Crippen LogP contribution in [0.25, 0.3) is 0 Å². The average molecular weight is 460 g/mol. The molecule has 0 amide bonds. The SMILES string of the molecule is CCCCOc1nc(N)c2c(n1)N(CCCCN1CCN(C3CCCCC3)CC1)C(C=O)N2. The zero-order valence-electron chi connectivity index (χ0n) is 20.2. The lowest BCUT2D eigenvalue weighted by molar-refractivity contribution is -0.108. The van der Waals surface area contributed by atoms with Gasteiger partial charge in [0.05, 0.1) is 6.61 Å². The number of nitrogens with two attached hydrogens (primary N) is 1. The van der Waals surface area contributed by atoms with E-state index in [2.05, 4.69) is 32.0 Å². The van der Waals surface area contributed by atoms with E-state index in [1.54, 1.807) is 0 Å². The van der Waals surface area contributed by atoms with Crippen molar-refractivity contribution in [1.82, 2.24) is 19.8 Å². The Morgan fingerprint density at radius 1 is 1.06 bits per heavy atom. The third-order valence-corrected chi connectivity index (χ3v) is 7.28. The van der Waals surface area contributed by atoms with E-state index in [4.69, 9.17) is 10.5 Å². The molecule has 2 aliphatic heterocycles. The van der Waals surface area contributed by atoms with Crippen LogP contribution in [0.5, 0.6) is 6.01 Å². The Labute approximate surface area is 198 Å². The Bertz CT molecular complexity index is 763. The first-order chi connectivity index (χ1) is 16.2. The fourth-order valence-corrected chi connectivity index (χ4v) is 5.29. The number of carbonyl (C=O) groups is 1. The van der Waals surface area contributed by atoms with E-state index >= 15 is 0 Å². The van der Waals surface area contributed by atoms with Gasteiger partial charge in [0.15, 0.2) is 24.1 Å². The van der Waals surface area contributed by atoms with Crippen LogP contribution in [0, 0.1) is 0 Å². The third kappa shape index (κ3) is 6.06. The summed E-state index contributed by atoms with van der Waals surface area (Å²) in [6.07, 6.45) is 11.5. The third-order valence-electron chi connectivity index (χ3n) is 7.28. The Morgan fingerprint density at radius 2 is 1.82 bits per heavy atom. The molecule has 2 fully saturated rings. The number of fused-ring (bicyclic) bond motifs is 1. The van der Waals surface area contributed by atoms with Gasteiger partial charge < -0.3 is 25.6 Å². The molecule has 0 radical (unpaired) electrons. The standard InChI is InChI=1S/C24H41N7O2/c1-2-3-17-33-24-27-22(25)21-23(28-24)31(20(18-32)26-21)12-8-7-11-29-13-15-30(16-14-29)19-9-5-4-6-10-19/h18-20,26H,2-17H2,1H3,(H2,25,27,28). The lowest BCUT2D eigenvalue weighted by Gasteiger charge is -2.40. The number of nitrogens with zero attached hydrogens (tertiary/aromatic N) is 5. The number of hydrogen-bond acceptors (Lipinski definition) is 9. The molecule has 4 rings (SSSR count). The summed E-state index contributed by atoms with van der Waals surface area (Å²) in [7, 11) is 0. The molecule has 1 atom stereocenters. The molecular weight excluding hydrogens is 418 g/mol. The number of aromatic nitrogens is 2. The number of nitrogen functional groups attached to an aromatic ring is 1. The highest BCUT2D eigenvalue weighted by atomic mass is 16.5. The van der Waals surface area contributed by atoms with Crippen LogP contribution in [0.1, 0.15) is 64.7 Å². The number of rotatable bonds is 11. The number of nitrogens with one attached hydrogen (secondary N) is 1. The normalized spacial score (nSPS) is 22.2. The maximum absolute atomic E-state index is 11.7. The lowest BCUT2D eigenvalue weighted by Crippen LogP contribution is -2.50. The summed E-state index contributed by atoms with van der Waals surface area (Å²) in [6.45, 7) is 9.28. The number of hydrogen-bond donors (Lipinski definition) is 2. The van der Waals surface area contributed by atoms with Crippen LogP contribution in [0.15, 0.2) is 0 Å². The molecule has 3 aliphatic rings. The molecule has 1 aliphatic carbocycles. The number of piperazine rings is 1. The van der Waals surface area contributed by atoms with Crippen LogP contribution in [0.4, 0.5) is 17.3 Å². The molecule has 1 saturated heterocycles. The molecule has 1 saturated carbocycles. The Morgan fingerprint density at radius 3 is 2.55 bits per heavy atom. The van der Waals surface area contributed by atoms with E-state index in [1.807, 2.05) is 4.90 Å². The molecular formula is C24H41N7O2. The second-order valence-corrected chi connectivity index (χ2v) is 9.59. The molecule has 1 unspecified atom stereocenters. The van der Waals surface area contributed by atoms with Gasteiger partial charge in [0.2, 0.25) is 0 Å². The predicted molar refractivity (Wildman–Crippen MR) is 132 cm³/mol. The van der Waals surface area contributed by atoms with Crippen molar-refractivity contribution in [2.45, 2.75) is 76.9 Å². The quantitative estimate of drug-likeness (QED) is 0.382. The molecule has 0 spiro atoms. The van der Waals surface area contributed by atoms with Crippen molar-refractivity contribution in [3.05, 3.63) is 0 Å². The minimum absolute atomic E-state index is 0.286. The van der Waals surface area contributed by atoms with Gasteiger partial charge in [-0.05, 0) is 38.6 Å². The van der Waals surface area contributed by atoms with E-state index in [0.29, 0.717) is 23.9 Å². The van der Waals surface area contributed by atoms with Gasteiger partial charge in [-0.1, -0.05) is 32.6 Å². The fourth-order valence-electron chi connectivity index (χ4n) is 5.29. The first-order valence-corrected chi connectivity index (χ1v) is 12.9. The number of aldehydes is 1. The van der Waals surface area contributed by atoms with Crippen LogP contribution < -0.4 is 20.7 Å². The van der Waals surface area contributed by atoms with Crippen LogP contribution in [-0.4, -0.2) is 84.1 Å². The van der Waals surface area contributed by atoms with E-state index in [0.717, 1.165) is 51.1 Å². The lowest BCUT2D eigenvalue weighted by atomic mass is 9.94. The monoisotopic (exact) mass is 459 g/mol. The molecule has 0 aromatic carbocycles. The van der Waals surface area contributed by atoms with Crippen LogP contribution in [0.3, 0.4) is 0 Å². The molecule has 1 aromatic rings. The largest absolute Gasteiger partial charge is 0.463 e. The van der Waals surface area contributed by atoms with Gasteiger partial charge in [0.25, 0.3) is 0 Å². The van der Waals surface area contributed by atoms with Gasteiger partial charge in [-0.15, -0.1) is 0 Å². The van der Waals surface area contributed by atoms with E-state index in [9.17, 15) is 4.79 Å². The second-order valence-electron chi connectivity index (χ2n) is 9.59. The summed E-state index contributed by atoms with van der Waals surface area (Å²) >= 11 is 0. The van der Waals surface area contributed by atoms with Crippen LogP contribution in [0.2, 0.25) is 0 Å². The van der Waals surface area contributed by atoms with Crippen LogP contribution in [-0.2, 0) is 4.79 Å². The Hall–Kier alpha value is -2.13. The first kappa shape index (κ1) is 24.0. The van der Waals surface area contributed by atoms with E-state index < -0.39 is 6.17 Å². The van der Waals surface area contributed by atoms with Crippen molar-refractivity contribution in [1.29, 1.82) is 0 Å². The van der Waals surface area contributed by atoms with Gasteiger partial charge in [0, 0.05) is 38.8 Å². The molecule has 1 aromatic heterocycles. The van der Waals surface area contributed by atoms with Crippen molar-refractivity contribution in [2.24, 2.45) is 0 Å². The van der Waals surface area contributed by atoms with Gasteiger partial charge in [-0.25, -0.2) is 0 Å².